The Morgan fingerprint density at radius 2 is 2.05 bits per heavy atom. The summed E-state index contributed by atoms with van der Waals surface area (Å²) in [6, 6.07) is 3.64. The van der Waals surface area contributed by atoms with Gasteiger partial charge in [0.2, 0.25) is 10.0 Å². The van der Waals surface area contributed by atoms with Crippen LogP contribution in [0.4, 0.5) is 14.5 Å². The largest absolute Gasteiger partial charge is 0.386 e. The maximum absolute atomic E-state index is 12.1. The number of nitrogens with zero attached hydrogens (tertiary/aromatic N) is 1. The highest BCUT2D eigenvalue weighted by Crippen LogP contribution is 2.26. The Bertz CT molecular complexity index is 606. The van der Waals surface area contributed by atoms with Crippen LogP contribution in [0.5, 0.6) is 0 Å². The quantitative estimate of drug-likeness (QED) is 0.597. The van der Waals surface area contributed by atoms with Crippen LogP contribution in [0.2, 0.25) is 0 Å². The SMILES string of the molecule is Cc1cccc([N+](=O)[O-])c1S(=O)(=O)NCC(O)C(F)F. The van der Waals surface area contributed by atoms with Gasteiger partial charge in [-0.2, -0.15) is 0 Å². The first-order valence-corrected chi connectivity index (χ1v) is 6.85. The molecule has 0 spiro atoms. The highest BCUT2D eigenvalue weighted by molar-refractivity contribution is 7.89. The van der Waals surface area contributed by atoms with Crippen molar-refractivity contribution in [3.63, 3.8) is 0 Å². The molecule has 0 amide bonds. The average molecular weight is 310 g/mol. The summed E-state index contributed by atoms with van der Waals surface area (Å²) < 4.78 is 49.8. The lowest BCUT2D eigenvalue weighted by molar-refractivity contribution is -0.387. The van der Waals surface area contributed by atoms with Crippen LogP contribution in [-0.2, 0) is 10.0 Å². The summed E-state index contributed by atoms with van der Waals surface area (Å²) in [6.07, 6.45) is -5.31. The molecule has 0 radical (unpaired) electrons. The lowest BCUT2D eigenvalue weighted by Crippen LogP contribution is -2.36. The average Bonchev–Trinajstić information content (AvgIpc) is 2.35. The summed E-state index contributed by atoms with van der Waals surface area (Å²) in [7, 11) is -4.38. The summed E-state index contributed by atoms with van der Waals surface area (Å²) in [5.41, 5.74) is -0.567. The van der Waals surface area contributed by atoms with Gasteiger partial charge >= 0.3 is 0 Å². The molecule has 0 saturated carbocycles. The summed E-state index contributed by atoms with van der Waals surface area (Å²) in [5, 5.41) is 19.7. The molecule has 7 nitrogen and oxygen atoms in total. The van der Waals surface area contributed by atoms with E-state index < -0.39 is 44.6 Å². The van der Waals surface area contributed by atoms with Crippen LogP contribution < -0.4 is 4.72 Å². The molecule has 0 bridgehead atoms. The minimum Gasteiger partial charge on any atom is -0.386 e. The first-order chi connectivity index (χ1) is 9.16. The molecule has 0 aliphatic rings. The summed E-state index contributed by atoms with van der Waals surface area (Å²) in [4.78, 5) is 9.32. The Hall–Kier alpha value is -1.65. The zero-order chi connectivity index (χ0) is 15.5. The van der Waals surface area contributed by atoms with Crippen LogP contribution in [0.15, 0.2) is 23.1 Å². The number of nitrogens with one attached hydrogen (secondary N) is 1. The molecule has 0 saturated heterocycles. The molecule has 112 valence electrons. The molecule has 1 unspecified atom stereocenters. The topological polar surface area (TPSA) is 110 Å². The Balaban J connectivity index is 3.13. The van der Waals surface area contributed by atoms with Crippen LogP contribution in [0.1, 0.15) is 5.56 Å². The number of hydrogen-bond acceptors (Lipinski definition) is 5. The Morgan fingerprint density at radius 1 is 1.45 bits per heavy atom. The van der Waals surface area contributed by atoms with Crippen molar-refractivity contribution in [2.24, 2.45) is 0 Å². The number of nitro benzene ring substituents is 1. The fourth-order valence-electron chi connectivity index (χ4n) is 1.49. The van der Waals surface area contributed by atoms with Gasteiger partial charge in [-0.15, -0.1) is 0 Å². The van der Waals surface area contributed by atoms with Crippen molar-refractivity contribution in [3.05, 3.63) is 33.9 Å². The van der Waals surface area contributed by atoms with E-state index in [0.717, 1.165) is 6.07 Å². The molecule has 1 aromatic rings. The predicted molar refractivity (Wildman–Crippen MR) is 65.0 cm³/mol. The zero-order valence-electron chi connectivity index (χ0n) is 10.3. The van der Waals surface area contributed by atoms with Crippen molar-refractivity contribution in [1.29, 1.82) is 0 Å². The normalized spacial score (nSPS) is 13.4. The summed E-state index contributed by atoms with van der Waals surface area (Å²) in [5.74, 6) is 0. The van der Waals surface area contributed by atoms with E-state index in [4.69, 9.17) is 5.11 Å². The Labute approximate surface area is 113 Å². The maximum Gasteiger partial charge on any atom is 0.289 e. The van der Waals surface area contributed by atoms with Gasteiger partial charge in [-0.05, 0) is 12.5 Å². The number of aryl methyl sites for hydroxylation is 1. The molecule has 2 N–H and O–H groups in total. The lowest BCUT2D eigenvalue weighted by atomic mass is 10.2. The van der Waals surface area contributed by atoms with Crippen LogP contribution in [-0.4, -0.2) is 37.5 Å². The van der Waals surface area contributed by atoms with Gasteiger partial charge in [0.15, 0.2) is 4.90 Å². The van der Waals surface area contributed by atoms with E-state index in [1.54, 1.807) is 4.72 Å². The minimum absolute atomic E-state index is 0.0956. The number of hydrogen-bond donors (Lipinski definition) is 2. The van der Waals surface area contributed by atoms with E-state index in [1.165, 1.54) is 19.1 Å². The smallest absolute Gasteiger partial charge is 0.289 e. The van der Waals surface area contributed by atoms with E-state index in [2.05, 4.69) is 0 Å². The van der Waals surface area contributed by atoms with Gasteiger partial charge in [0, 0.05) is 12.6 Å². The first kappa shape index (κ1) is 16.4. The molecule has 1 aromatic carbocycles. The number of nitro groups is 1. The van der Waals surface area contributed by atoms with Crippen molar-refractivity contribution >= 4 is 15.7 Å². The Morgan fingerprint density at radius 3 is 2.55 bits per heavy atom. The van der Waals surface area contributed by atoms with Gasteiger partial charge in [0.1, 0.15) is 6.10 Å². The van der Waals surface area contributed by atoms with E-state index in [9.17, 15) is 27.3 Å². The van der Waals surface area contributed by atoms with Crippen molar-refractivity contribution in [1.82, 2.24) is 4.72 Å². The minimum atomic E-state index is -4.38. The van der Waals surface area contributed by atoms with Gasteiger partial charge < -0.3 is 5.11 Å². The number of sulfonamides is 1. The lowest BCUT2D eigenvalue weighted by Gasteiger charge is -2.12. The molecular weight excluding hydrogens is 298 g/mol. The van der Waals surface area contributed by atoms with Crippen molar-refractivity contribution < 1.29 is 27.2 Å². The van der Waals surface area contributed by atoms with E-state index in [1.807, 2.05) is 0 Å². The summed E-state index contributed by atoms with van der Waals surface area (Å²) >= 11 is 0. The second-order valence-electron chi connectivity index (χ2n) is 3.93. The van der Waals surface area contributed by atoms with Gasteiger partial charge in [-0.3, -0.25) is 10.1 Å². The van der Waals surface area contributed by atoms with Crippen LogP contribution in [0.25, 0.3) is 0 Å². The van der Waals surface area contributed by atoms with E-state index in [-0.39, 0.29) is 5.56 Å². The van der Waals surface area contributed by atoms with Gasteiger partial charge in [0.25, 0.3) is 12.1 Å². The Kier molecular flexibility index (Phi) is 5.09. The molecule has 1 atom stereocenters. The number of aliphatic hydroxyl groups is 1. The number of benzene rings is 1. The standard InChI is InChI=1S/C10H12F2N2O5S/c1-6-3-2-4-7(14(16)17)9(6)20(18,19)13-5-8(15)10(11)12/h2-4,8,10,13,15H,5H2,1H3. The molecule has 0 aliphatic carbocycles. The predicted octanol–water partition coefficient (Wildman–Crippen LogP) is 0.808. The third-order valence-corrected chi connectivity index (χ3v) is 4.05. The van der Waals surface area contributed by atoms with E-state index >= 15 is 0 Å². The number of rotatable bonds is 6. The van der Waals surface area contributed by atoms with Crippen molar-refractivity contribution in [2.75, 3.05) is 6.54 Å². The molecular formula is C10H12F2N2O5S. The highest BCUT2D eigenvalue weighted by Gasteiger charge is 2.29. The second-order valence-corrected chi connectivity index (χ2v) is 5.64. The number of aliphatic hydroxyl groups excluding tert-OH is 1. The monoisotopic (exact) mass is 310 g/mol. The molecule has 0 heterocycles. The van der Waals surface area contributed by atoms with Crippen molar-refractivity contribution in [2.45, 2.75) is 24.3 Å². The second kappa shape index (κ2) is 6.20. The first-order valence-electron chi connectivity index (χ1n) is 5.36. The zero-order valence-corrected chi connectivity index (χ0v) is 11.1. The van der Waals surface area contributed by atoms with Gasteiger partial charge in [0.05, 0.1) is 4.92 Å². The van der Waals surface area contributed by atoms with Gasteiger partial charge in [-0.1, -0.05) is 12.1 Å². The fourth-order valence-corrected chi connectivity index (χ4v) is 2.93. The molecule has 0 aliphatic heterocycles. The fraction of sp³-hybridized carbons (Fsp3) is 0.400. The van der Waals surface area contributed by atoms with Crippen LogP contribution in [0, 0.1) is 17.0 Å². The van der Waals surface area contributed by atoms with Gasteiger partial charge in [-0.25, -0.2) is 21.9 Å². The molecule has 0 aromatic heterocycles. The maximum atomic E-state index is 12.1. The van der Waals surface area contributed by atoms with E-state index in [0.29, 0.717) is 0 Å². The van der Waals surface area contributed by atoms with Crippen LogP contribution >= 0.6 is 0 Å². The number of alkyl halides is 2. The highest BCUT2D eigenvalue weighted by atomic mass is 32.2. The number of halogens is 2. The third-order valence-electron chi connectivity index (χ3n) is 2.43. The molecule has 20 heavy (non-hydrogen) atoms. The molecule has 0 fully saturated rings. The molecule has 1 rings (SSSR count). The van der Waals surface area contributed by atoms with Crippen molar-refractivity contribution in [3.8, 4) is 0 Å². The van der Waals surface area contributed by atoms with Crippen LogP contribution in [0.3, 0.4) is 0 Å². The third kappa shape index (κ3) is 3.68. The molecule has 10 heteroatoms. The summed E-state index contributed by atoms with van der Waals surface area (Å²) in [6.45, 7) is 0.399.